The van der Waals surface area contributed by atoms with Crippen LogP contribution in [-0.4, -0.2) is 21.8 Å². The predicted octanol–water partition coefficient (Wildman–Crippen LogP) is 1.08. The van der Waals surface area contributed by atoms with E-state index in [9.17, 15) is 14.7 Å². The van der Waals surface area contributed by atoms with Crippen LogP contribution in [0.1, 0.15) is 15.9 Å². The molecule has 0 aliphatic rings. The molecule has 23 heavy (non-hydrogen) atoms. The predicted molar refractivity (Wildman–Crippen MR) is 81.3 cm³/mol. The maximum absolute atomic E-state index is 12.3. The van der Waals surface area contributed by atoms with Gasteiger partial charge >= 0.3 is 5.63 Å². The smallest absolute Gasteiger partial charge is 0.351 e. The average Bonchev–Trinajstić information content (AvgIpc) is 2.48. The molecule has 0 saturated heterocycles. The van der Waals surface area contributed by atoms with Gasteiger partial charge in [0.05, 0.1) is 5.39 Å². The van der Waals surface area contributed by atoms with Gasteiger partial charge in [0, 0.05) is 54.9 Å². The van der Waals surface area contributed by atoms with Crippen molar-refractivity contribution in [3.8, 4) is 5.75 Å². The van der Waals surface area contributed by atoms with Gasteiger partial charge in [0.15, 0.2) is 5.56 Å². The van der Waals surface area contributed by atoms with Gasteiger partial charge in [-0.15, -0.1) is 0 Å². The number of carbonyl (C=O) groups is 1. The Morgan fingerprint density at radius 3 is 2.13 bits per heavy atom. The van der Waals surface area contributed by atoms with Crippen LogP contribution in [0.25, 0.3) is 11.0 Å². The Kier molecular flexibility index (Phi) is 8.51. The zero-order chi connectivity index (χ0) is 14.1. The van der Waals surface area contributed by atoms with E-state index in [-0.39, 0.29) is 77.2 Å². The standard InChI is InChI=1S/C16H10O4.Eu.2H2O/c17-14(10-6-2-1-3-7-10)13-15(18)11-8-4-5-9-12(11)20-16(13)19;;;/h1-9,18H;;2*1H2. The van der Waals surface area contributed by atoms with Crippen LogP contribution in [0.2, 0.25) is 0 Å². The van der Waals surface area contributed by atoms with Crippen LogP contribution in [0.3, 0.4) is 0 Å². The number of benzene rings is 2. The number of para-hydroxylation sites is 1. The molecule has 0 unspecified atom stereocenters. The van der Waals surface area contributed by atoms with Crippen molar-refractivity contribution in [3.63, 3.8) is 0 Å². The molecule has 2 aromatic carbocycles. The Labute approximate surface area is 171 Å². The van der Waals surface area contributed by atoms with Crippen molar-refractivity contribution >= 4 is 16.8 Å². The molecule has 3 rings (SSSR count). The van der Waals surface area contributed by atoms with E-state index in [1.807, 2.05) is 0 Å². The first-order chi connectivity index (χ1) is 9.68. The van der Waals surface area contributed by atoms with E-state index in [0.29, 0.717) is 10.9 Å². The first kappa shape index (κ1) is 21.6. The summed E-state index contributed by atoms with van der Waals surface area (Å²) in [6, 6.07) is 14.8. The first-order valence-electron chi connectivity index (χ1n) is 6.03. The fourth-order valence-corrected chi connectivity index (χ4v) is 2.07. The maximum atomic E-state index is 12.3. The maximum Gasteiger partial charge on any atom is 0.351 e. The van der Waals surface area contributed by atoms with Gasteiger partial charge in [-0.3, -0.25) is 4.79 Å². The average molecular weight is 454 g/mol. The van der Waals surface area contributed by atoms with Gasteiger partial charge in [0.1, 0.15) is 11.3 Å². The van der Waals surface area contributed by atoms with E-state index in [1.165, 1.54) is 0 Å². The van der Waals surface area contributed by atoms with Crippen LogP contribution in [0.4, 0.5) is 0 Å². The summed E-state index contributed by atoms with van der Waals surface area (Å²) < 4.78 is 5.08. The van der Waals surface area contributed by atoms with Gasteiger partial charge in [-0.25, -0.2) is 4.79 Å². The minimum atomic E-state index is -0.838. The molecule has 3 aromatic rings. The van der Waals surface area contributed by atoms with Crippen molar-refractivity contribution in [2.24, 2.45) is 0 Å². The van der Waals surface area contributed by atoms with E-state index in [4.69, 9.17) is 4.42 Å². The molecular weight excluding hydrogens is 440 g/mol. The molecule has 1 heterocycles. The number of fused-ring (bicyclic) bond motifs is 1. The van der Waals surface area contributed by atoms with Gasteiger partial charge in [-0.05, 0) is 12.1 Å². The molecule has 0 spiro atoms. The zero-order valence-electron chi connectivity index (χ0n) is 11.7. The normalized spacial score (nSPS) is 9.22. The van der Waals surface area contributed by atoms with E-state index >= 15 is 0 Å². The molecule has 1 radical (unpaired) electrons. The Hall–Kier alpha value is -1.38. The molecule has 0 bridgehead atoms. The van der Waals surface area contributed by atoms with Crippen molar-refractivity contribution < 1.29 is 74.6 Å². The van der Waals surface area contributed by atoms with Gasteiger partial charge < -0.3 is 20.5 Å². The third-order valence-electron chi connectivity index (χ3n) is 3.05. The SMILES string of the molecule is O.O.O=C(c1ccccc1)c1c(O)c2ccccc2oc1=O.[Eu]. The topological polar surface area (TPSA) is 131 Å². The fraction of sp³-hybridized carbons (Fsp3) is 0. The largest absolute Gasteiger partial charge is 0.506 e. The number of ketones is 1. The molecule has 5 N–H and O–H groups in total. The molecule has 0 saturated carbocycles. The van der Waals surface area contributed by atoms with Crippen molar-refractivity contribution in [1.29, 1.82) is 0 Å². The monoisotopic (exact) mass is 455 g/mol. The summed E-state index contributed by atoms with van der Waals surface area (Å²) in [6.07, 6.45) is 0. The molecule has 0 fully saturated rings. The van der Waals surface area contributed by atoms with Crippen molar-refractivity contribution in [2.75, 3.05) is 0 Å². The van der Waals surface area contributed by atoms with Gasteiger partial charge in [0.2, 0.25) is 5.78 Å². The summed E-state index contributed by atoms with van der Waals surface area (Å²) >= 11 is 0. The Morgan fingerprint density at radius 2 is 1.48 bits per heavy atom. The number of aromatic hydroxyl groups is 1. The summed E-state index contributed by atoms with van der Waals surface area (Å²) in [7, 11) is 0. The summed E-state index contributed by atoms with van der Waals surface area (Å²) in [4.78, 5) is 24.2. The van der Waals surface area contributed by atoms with E-state index < -0.39 is 11.4 Å². The van der Waals surface area contributed by atoms with Crippen LogP contribution < -0.4 is 5.63 Å². The zero-order valence-corrected chi connectivity index (χ0v) is 14.2. The summed E-state index contributed by atoms with van der Waals surface area (Å²) in [5, 5.41) is 10.5. The van der Waals surface area contributed by atoms with Crippen molar-refractivity contribution in [2.45, 2.75) is 0 Å². The second-order valence-electron chi connectivity index (χ2n) is 4.30. The minimum Gasteiger partial charge on any atom is -0.506 e. The number of carbonyl (C=O) groups excluding carboxylic acids is 1. The Balaban J connectivity index is 0.00000161. The number of hydrogen-bond donors (Lipinski definition) is 1. The van der Waals surface area contributed by atoms with Crippen LogP contribution in [0.15, 0.2) is 63.8 Å². The van der Waals surface area contributed by atoms with Crippen molar-refractivity contribution in [1.82, 2.24) is 0 Å². The van der Waals surface area contributed by atoms with Crippen LogP contribution in [-0.2, 0) is 0 Å². The third-order valence-corrected chi connectivity index (χ3v) is 3.05. The Bertz CT molecular complexity index is 857. The molecular formula is C16H14EuO6. The molecule has 6 nitrogen and oxygen atoms in total. The Morgan fingerprint density at radius 1 is 0.913 bits per heavy atom. The second kappa shape index (κ2) is 9.05. The van der Waals surface area contributed by atoms with Gasteiger partial charge in [-0.1, -0.05) is 42.5 Å². The molecule has 121 valence electrons. The molecule has 0 atom stereocenters. The van der Waals surface area contributed by atoms with E-state index in [0.717, 1.165) is 0 Å². The molecule has 1 aromatic heterocycles. The van der Waals surface area contributed by atoms with Gasteiger partial charge in [0.25, 0.3) is 0 Å². The minimum absolute atomic E-state index is 0. The third kappa shape index (κ3) is 4.13. The molecule has 0 aliphatic carbocycles. The van der Waals surface area contributed by atoms with Crippen LogP contribution >= 0.6 is 0 Å². The van der Waals surface area contributed by atoms with E-state index in [1.54, 1.807) is 54.6 Å². The number of hydrogen-bond acceptors (Lipinski definition) is 4. The van der Waals surface area contributed by atoms with Crippen LogP contribution in [0, 0.1) is 49.4 Å². The quantitative estimate of drug-likeness (QED) is 0.459. The van der Waals surface area contributed by atoms with E-state index in [2.05, 4.69) is 0 Å². The van der Waals surface area contributed by atoms with Gasteiger partial charge in [-0.2, -0.15) is 0 Å². The summed E-state index contributed by atoms with van der Waals surface area (Å²) in [5.41, 5.74) is -0.602. The first-order valence-corrected chi connectivity index (χ1v) is 6.03. The van der Waals surface area contributed by atoms with Crippen molar-refractivity contribution in [3.05, 3.63) is 76.1 Å². The molecule has 0 aliphatic heterocycles. The summed E-state index contributed by atoms with van der Waals surface area (Å²) in [6.45, 7) is 0. The molecule has 0 amide bonds. The van der Waals surface area contributed by atoms with Crippen LogP contribution in [0.5, 0.6) is 5.75 Å². The summed E-state index contributed by atoms with van der Waals surface area (Å²) in [5.74, 6) is -0.895. The molecule has 7 heteroatoms. The fourth-order valence-electron chi connectivity index (χ4n) is 2.07. The number of rotatable bonds is 2. The second-order valence-corrected chi connectivity index (χ2v) is 4.30.